The number of hydrogen-bond acceptors (Lipinski definition) is 9. The third-order valence-electron chi connectivity index (χ3n) is 8.44. The number of unbranched alkanes of at least 4 members (excludes halogenated alkanes) is 2. The Bertz CT molecular complexity index is 1480. The number of amides is 3. The number of aliphatic hydroxyl groups excluding tert-OH is 1. The number of benzene rings is 2. The summed E-state index contributed by atoms with van der Waals surface area (Å²) >= 11 is 0. The highest BCUT2D eigenvalue weighted by molar-refractivity contribution is 6.06. The Morgan fingerprint density at radius 3 is 2.07 bits per heavy atom. The Kier molecular flexibility index (Phi) is 7.74. The van der Waals surface area contributed by atoms with E-state index in [1.54, 1.807) is 17.0 Å². The number of nitrogens with zero attached hydrogens (tertiary/aromatic N) is 4. The number of aliphatic hydroxyl groups is 1. The fourth-order valence-corrected chi connectivity index (χ4v) is 5.83. The number of carbonyl (C=O) groups is 3. The Morgan fingerprint density at radius 1 is 0.860 bits per heavy atom. The van der Waals surface area contributed by atoms with Gasteiger partial charge in [0.25, 0.3) is 11.8 Å². The molecule has 0 aliphatic carbocycles. The van der Waals surface area contributed by atoms with E-state index in [2.05, 4.69) is 4.99 Å². The molecule has 13 nitrogen and oxygen atoms in total. The summed E-state index contributed by atoms with van der Waals surface area (Å²) < 4.78 is 22.9. The van der Waals surface area contributed by atoms with Crippen LogP contribution in [-0.2, 0) is 0 Å². The Labute approximate surface area is 248 Å². The predicted molar refractivity (Wildman–Crippen MR) is 154 cm³/mol. The first kappa shape index (κ1) is 28.6. The normalized spacial score (nSPS) is 21.7. The molecule has 2 N–H and O–H groups in total. The lowest BCUT2D eigenvalue weighted by Gasteiger charge is -2.43. The molecule has 4 heterocycles. The lowest BCUT2D eigenvalue weighted by atomic mass is 10.0. The fraction of sp³-hybridized carbons (Fsp3) is 0.467. The maximum Gasteiger partial charge on any atom is 0.414 e. The van der Waals surface area contributed by atoms with Crippen molar-refractivity contribution in [1.82, 2.24) is 9.80 Å². The molecule has 6 rings (SSSR count). The van der Waals surface area contributed by atoms with E-state index in [0.29, 0.717) is 67.5 Å². The van der Waals surface area contributed by atoms with Gasteiger partial charge in [0.05, 0.1) is 62.0 Å². The van der Waals surface area contributed by atoms with Crippen LogP contribution in [0.15, 0.2) is 29.3 Å². The number of aliphatic imine (C=N–C) groups is 1. The van der Waals surface area contributed by atoms with Crippen LogP contribution in [0.4, 0.5) is 16.2 Å². The highest BCUT2D eigenvalue weighted by Crippen LogP contribution is 2.42. The zero-order chi connectivity index (χ0) is 30.2. The second-order valence-corrected chi connectivity index (χ2v) is 10.9. The van der Waals surface area contributed by atoms with Crippen molar-refractivity contribution in [3.8, 4) is 23.0 Å². The predicted octanol–water partition coefficient (Wildman–Crippen LogP) is 3.29. The van der Waals surface area contributed by atoms with Crippen molar-refractivity contribution in [2.75, 3.05) is 45.4 Å². The molecule has 0 spiro atoms. The zero-order valence-corrected chi connectivity index (χ0v) is 24.0. The van der Waals surface area contributed by atoms with Crippen molar-refractivity contribution in [2.45, 2.75) is 50.4 Å². The van der Waals surface area contributed by atoms with Gasteiger partial charge in [-0.25, -0.2) is 9.69 Å². The van der Waals surface area contributed by atoms with E-state index < -0.39 is 18.4 Å². The van der Waals surface area contributed by atoms with Gasteiger partial charge in [0.15, 0.2) is 29.2 Å². The zero-order valence-electron chi connectivity index (χ0n) is 24.0. The number of methoxy groups -OCH3 is 2. The molecular formula is C30H34N4O9. The van der Waals surface area contributed by atoms with Gasteiger partial charge in [0, 0.05) is 31.4 Å². The molecule has 2 saturated heterocycles. The fourth-order valence-electron chi connectivity index (χ4n) is 5.83. The second kappa shape index (κ2) is 11.6. The van der Waals surface area contributed by atoms with Crippen LogP contribution >= 0.6 is 0 Å². The Hall–Kier alpha value is -4.52. The van der Waals surface area contributed by atoms with E-state index in [9.17, 15) is 24.6 Å². The van der Waals surface area contributed by atoms with E-state index >= 15 is 0 Å². The maximum absolute atomic E-state index is 13.1. The molecule has 4 aliphatic rings. The maximum atomic E-state index is 13.1. The van der Waals surface area contributed by atoms with Crippen molar-refractivity contribution in [3.63, 3.8) is 0 Å². The summed E-state index contributed by atoms with van der Waals surface area (Å²) in [7, 11) is 2.98. The number of carbonyl (C=O) groups excluding carboxylic acids is 2. The largest absolute Gasteiger partial charge is 0.493 e. The minimum absolute atomic E-state index is 0.0431. The van der Waals surface area contributed by atoms with Gasteiger partial charge >= 0.3 is 6.09 Å². The molecule has 4 aliphatic heterocycles. The molecular weight excluding hydrogens is 560 g/mol. The SMILES string of the molecule is COc1cc2c(cc1OCCCCCOc1cc3c(cc1OC)C(=O)N1CC[C@H]1[C@H](O)N3C(=O)O)N=C[C@@H]1CCN1C2=O. The average Bonchev–Trinajstić information content (AvgIpc) is 3.06. The minimum atomic E-state index is -1.38. The number of hydrogen-bond donors (Lipinski definition) is 2. The van der Waals surface area contributed by atoms with E-state index in [-0.39, 0.29) is 34.9 Å². The van der Waals surface area contributed by atoms with Gasteiger partial charge in [0.1, 0.15) is 0 Å². The number of ether oxygens (including phenoxy) is 4. The van der Waals surface area contributed by atoms with Crippen LogP contribution in [-0.4, -0.2) is 103 Å². The summed E-state index contributed by atoms with van der Waals surface area (Å²) in [6.45, 7) is 1.89. The first-order chi connectivity index (χ1) is 20.8. The lowest BCUT2D eigenvalue weighted by molar-refractivity contribution is -0.00238. The minimum Gasteiger partial charge on any atom is -0.493 e. The monoisotopic (exact) mass is 594 g/mol. The van der Waals surface area contributed by atoms with E-state index in [1.807, 2.05) is 6.21 Å². The van der Waals surface area contributed by atoms with Gasteiger partial charge in [0.2, 0.25) is 0 Å². The third kappa shape index (κ3) is 5.07. The topological polar surface area (TPSA) is 151 Å². The van der Waals surface area contributed by atoms with Crippen LogP contribution in [0.3, 0.4) is 0 Å². The van der Waals surface area contributed by atoms with Crippen molar-refractivity contribution in [2.24, 2.45) is 4.99 Å². The Balaban J connectivity index is 1.06. The molecule has 2 aromatic carbocycles. The third-order valence-corrected chi connectivity index (χ3v) is 8.44. The lowest BCUT2D eigenvalue weighted by Crippen LogP contribution is -2.60. The van der Waals surface area contributed by atoms with Crippen molar-refractivity contribution in [3.05, 3.63) is 35.4 Å². The summed E-state index contributed by atoms with van der Waals surface area (Å²) in [5, 5.41) is 20.6. The highest BCUT2D eigenvalue weighted by Gasteiger charge is 2.47. The van der Waals surface area contributed by atoms with E-state index in [1.165, 1.54) is 31.3 Å². The molecule has 0 aromatic heterocycles. The number of carboxylic acid groups (broad SMARTS) is 1. The van der Waals surface area contributed by atoms with E-state index in [0.717, 1.165) is 24.3 Å². The molecule has 3 atom stereocenters. The van der Waals surface area contributed by atoms with Gasteiger partial charge in [-0.2, -0.15) is 0 Å². The van der Waals surface area contributed by atoms with Gasteiger partial charge in [-0.15, -0.1) is 0 Å². The van der Waals surface area contributed by atoms with Crippen LogP contribution in [0.25, 0.3) is 0 Å². The van der Waals surface area contributed by atoms with Crippen molar-refractivity contribution < 1.29 is 43.5 Å². The second-order valence-electron chi connectivity index (χ2n) is 10.9. The van der Waals surface area contributed by atoms with Gasteiger partial charge in [-0.05, 0) is 44.2 Å². The van der Waals surface area contributed by atoms with Crippen LogP contribution in [0.1, 0.15) is 52.8 Å². The van der Waals surface area contributed by atoms with Crippen molar-refractivity contribution in [1.29, 1.82) is 0 Å². The number of rotatable bonds is 10. The van der Waals surface area contributed by atoms with Crippen molar-refractivity contribution >= 4 is 35.5 Å². The summed E-state index contributed by atoms with van der Waals surface area (Å²) in [4.78, 5) is 46.6. The molecule has 0 radical (unpaired) electrons. The highest BCUT2D eigenvalue weighted by atomic mass is 16.5. The standard InChI is InChI=1S/C30H34N4O9/c1-40-23-12-18-20(31-16-17-6-8-32(17)27(18)35)14-25(23)42-10-4-3-5-11-43-26-15-22-19(13-24(26)41-2)28(36)33-9-7-21(33)29(37)34(22)30(38)39/h12-17,21,29,37H,3-11H2,1-2H3,(H,38,39)/t17-,21-,29-/m0/s1. The summed E-state index contributed by atoms with van der Waals surface area (Å²) in [6.07, 6.45) is 2.65. The first-order valence-electron chi connectivity index (χ1n) is 14.4. The molecule has 0 saturated carbocycles. The quantitative estimate of drug-likeness (QED) is 0.395. The number of anilines is 1. The van der Waals surface area contributed by atoms with Crippen LogP contribution in [0.2, 0.25) is 0 Å². The first-order valence-corrected chi connectivity index (χ1v) is 14.4. The van der Waals surface area contributed by atoms with Gasteiger partial charge in [-0.3, -0.25) is 14.6 Å². The molecule has 0 bridgehead atoms. The van der Waals surface area contributed by atoms with Gasteiger partial charge < -0.3 is 39.0 Å². The molecule has 13 heteroatoms. The smallest absolute Gasteiger partial charge is 0.414 e. The molecule has 43 heavy (non-hydrogen) atoms. The number of fused-ring (bicyclic) bond motifs is 4. The molecule has 228 valence electrons. The van der Waals surface area contributed by atoms with Crippen LogP contribution < -0.4 is 23.8 Å². The Morgan fingerprint density at radius 2 is 1.49 bits per heavy atom. The summed E-state index contributed by atoms with van der Waals surface area (Å²) in [5.74, 6) is 1.17. The molecule has 2 fully saturated rings. The molecule has 3 amide bonds. The summed E-state index contributed by atoms with van der Waals surface area (Å²) in [5.41, 5.74) is 1.27. The summed E-state index contributed by atoms with van der Waals surface area (Å²) in [6, 6.07) is 5.79. The van der Waals surface area contributed by atoms with Gasteiger partial charge in [-0.1, -0.05) is 0 Å². The van der Waals surface area contributed by atoms with Crippen LogP contribution in [0.5, 0.6) is 23.0 Å². The molecule has 2 aromatic rings. The average molecular weight is 595 g/mol. The molecule has 0 unspecified atom stereocenters. The van der Waals surface area contributed by atoms with E-state index in [4.69, 9.17) is 18.9 Å². The van der Waals surface area contributed by atoms with Crippen LogP contribution in [0, 0.1) is 0 Å².